The summed E-state index contributed by atoms with van der Waals surface area (Å²) >= 11 is 0. The molecule has 0 aliphatic carbocycles. The van der Waals surface area contributed by atoms with Gasteiger partial charge < -0.3 is 19.9 Å². The maximum absolute atomic E-state index is 12.5. The Labute approximate surface area is 206 Å². The molecule has 0 saturated carbocycles. The van der Waals surface area contributed by atoms with Crippen LogP contribution < -0.4 is 14.8 Å². The molecule has 184 valence electrons. The van der Waals surface area contributed by atoms with E-state index in [1.165, 1.54) is 0 Å². The number of hydrogen-bond acceptors (Lipinski definition) is 4. The van der Waals surface area contributed by atoms with Crippen LogP contribution in [0.4, 0.5) is 0 Å². The van der Waals surface area contributed by atoms with Crippen LogP contribution in [0.3, 0.4) is 0 Å². The Morgan fingerprint density at radius 2 is 1.69 bits per heavy atom. The standard InChI is InChI=1S/C29H33NO5/c1-3-4-7-24(29(32)33)20-21-10-16-25(17-11-21)35-19-18-30-28(31)23-14-12-22(13-15-23)26-8-5-6-9-27(26)34-2/h5-6,8-17,24H,3-4,7,18-20H2,1-2H3,(H,30,31)(H,32,33). The third-order valence-electron chi connectivity index (χ3n) is 5.88. The molecule has 0 saturated heterocycles. The average Bonchev–Trinajstić information content (AvgIpc) is 2.89. The number of carbonyl (C=O) groups is 2. The smallest absolute Gasteiger partial charge is 0.306 e. The Bertz CT molecular complexity index is 1090. The number of methoxy groups -OCH3 is 1. The zero-order valence-electron chi connectivity index (χ0n) is 20.3. The summed E-state index contributed by atoms with van der Waals surface area (Å²) in [7, 11) is 1.64. The molecule has 1 unspecified atom stereocenters. The molecule has 1 amide bonds. The molecule has 0 aromatic heterocycles. The van der Waals surface area contributed by atoms with Gasteiger partial charge in [-0.1, -0.05) is 62.2 Å². The summed E-state index contributed by atoms with van der Waals surface area (Å²) < 4.78 is 11.1. The van der Waals surface area contributed by atoms with E-state index in [1.54, 1.807) is 19.2 Å². The Kier molecular flexibility index (Phi) is 9.72. The fraction of sp³-hybridized carbons (Fsp3) is 0.310. The molecule has 1 atom stereocenters. The van der Waals surface area contributed by atoms with Crippen LogP contribution in [-0.4, -0.2) is 37.2 Å². The third kappa shape index (κ3) is 7.60. The predicted molar refractivity (Wildman–Crippen MR) is 137 cm³/mol. The van der Waals surface area contributed by atoms with Crippen molar-refractivity contribution in [3.8, 4) is 22.6 Å². The minimum Gasteiger partial charge on any atom is -0.496 e. The van der Waals surface area contributed by atoms with Gasteiger partial charge in [0.05, 0.1) is 19.6 Å². The number of carboxylic acids is 1. The van der Waals surface area contributed by atoms with Crippen molar-refractivity contribution in [2.45, 2.75) is 32.6 Å². The van der Waals surface area contributed by atoms with Gasteiger partial charge in [-0.15, -0.1) is 0 Å². The number of hydrogen-bond donors (Lipinski definition) is 2. The zero-order chi connectivity index (χ0) is 25.0. The first-order valence-corrected chi connectivity index (χ1v) is 12.0. The van der Waals surface area contributed by atoms with Gasteiger partial charge >= 0.3 is 5.97 Å². The lowest BCUT2D eigenvalue weighted by atomic mass is 9.94. The van der Waals surface area contributed by atoms with E-state index >= 15 is 0 Å². The number of para-hydroxylation sites is 1. The first-order valence-electron chi connectivity index (χ1n) is 12.0. The van der Waals surface area contributed by atoms with Crippen LogP contribution in [0.15, 0.2) is 72.8 Å². The first kappa shape index (κ1) is 25.8. The lowest BCUT2D eigenvalue weighted by Gasteiger charge is -2.13. The third-order valence-corrected chi connectivity index (χ3v) is 5.88. The summed E-state index contributed by atoms with van der Waals surface area (Å²) in [4.78, 5) is 23.9. The lowest BCUT2D eigenvalue weighted by Crippen LogP contribution is -2.28. The number of unbranched alkanes of at least 4 members (excludes halogenated alkanes) is 1. The summed E-state index contributed by atoms with van der Waals surface area (Å²) in [5.41, 5.74) is 3.50. The average molecular weight is 476 g/mol. The lowest BCUT2D eigenvalue weighted by molar-refractivity contribution is -0.142. The molecule has 6 heteroatoms. The predicted octanol–water partition coefficient (Wildman–Crippen LogP) is 5.60. The van der Waals surface area contributed by atoms with Crippen molar-refractivity contribution in [2.24, 2.45) is 5.92 Å². The SMILES string of the molecule is CCCCC(Cc1ccc(OCCNC(=O)c2ccc(-c3ccccc3OC)cc2)cc1)C(=O)O. The highest BCUT2D eigenvalue weighted by atomic mass is 16.5. The Hall–Kier alpha value is -3.80. The summed E-state index contributed by atoms with van der Waals surface area (Å²) in [5, 5.41) is 12.3. The van der Waals surface area contributed by atoms with Crippen LogP contribution >= 0.6 is 0 Å². The number of nitrogens with one attached hydrogen (secondary N) is 1. The van der Waals surface area contributed by atoms with E-state index in [0.29, 0.717) is 37.3 Å². The quantitative estimate of drug-likeness (QED) is 0.314. The maximum atomic E-state index is 12.5. The molecule has 0 heterocycles. The fourth-order valence-electron chi connectivity index (χ4n) is 3.89. The number of ether oxygens (including phenoxy) is 2. The Morgan fingerprint density at radius 1 is 0.971 bits per heavy atom. The molecule has 0 bridgehead atoms. The van der Waals surface area contributed by atoms with E-state index in [9.17, 15) is 14.7 Å². The molecule has 3 aromatic rings. The summed E-state index contributed by atoms with van der Waals surface area (Å²) in [6.45, 7) is 2.76. The van der Waals surface area contributed by atoms with E-state index in [2.05, 4.69) is 12.2 Å². The van der Waals surface area contributed by atoms with Gasteiger partial charge in [0.2, 0.25) is 0 Å². The Morgan fingerprint density at radius 3 is 2.34 bits per heavy atom. The van der Waals surface area contributed by atoms with Gasteiger partial charge in [0.15, 0.2) is 0 Å². The summed E-state index contributed by atoms with van der Waals surface area (Å²) in [5.74, 6) is 0.199. The zero-order valence-corrected chi connectivity index (χ0v) is 20.3. The van der Waals surface area contributed by atoms with Gasteiger partial charge in [-0.2, -0.15) is 0 Å². The largest absolute Gasteiger partial charge is 0.496 e. The topological polar surface area (TPSA) is 84.9 Å². The van der Waals surface area contributed by atoms with E-state index in [1.807, 2.05) is 60.7 Å². The molecule has 0 spiro atoms. The van der Waals surface area contributed by atoms with Crippen LogP contribution in [0.2, 0.25) is 0 Å². The molecule has 0 aliphatic heterocycles. The molecule has 35 heavy (non-hydrogen) atoms. The number of rotatable bonds is 13. The van der Waals surface area contributed by atoms with Gasteiger partial charge in [0.1, 0.15) is 18.1 Å². The van der Waals surface area contributed by atoms with Gasteiger partial charge in [-0.3, -0.25) is 9.59 Å². The summed E-state index contributed by atoms with van der Waals surface area (Å²) in [6, 6.07) is 22.6. The van der Waals surface area contributed by atoms with Crippen LogP contribution in [0.25, 0.3) is 11.1 Å². The van der Waals surface area contributed by atoms with Crippen molar-refractivity contribution in [2.75, 3.05) is 20.3 Å². The molecule has 3 rings (SSSR count). The minimum atomic E-state index is -0.746. The minimum absolute atomic E-state index is 0.165. The van der Waals surface area contributed by atoms with E-state index in [-0.39, 0.29) is 11.8 Å². The summed E-state index contributed by atoms with van der Waals surface area (Å²) in [6.07, 6.45) is 3.10. The molecule has 6 nitrogen and oxygen atoms in total. The molecule has 0 fully saturated rings. The van der Waals surface area contributed by atoms with Gasteiger partial charge in [-0.25, -0.2) is 0 Å². The highest BCUT2D eigenvalue weighted by molar-refractivity contribution is 5.94. The van der Waals surface area contributed by atoms with Crippen molar-refractivity contribution in [1.82, 2.24) is 5.32 Å². The maximum Gasteiger partial charge on any atom is 0.306 e. The van der Waals surface area contributed by atoms with Crippen molar-refractivity contribution in [3.63, 3.8) is 0 Å². The second-order valence-corrected chi connectivity index (χ2v) is 8.41. The highest BCUT2D eigenvalue weighted by Crippen LogP contribution is 2.29. The van der Waals surface area contributed by atoms with Crippen LogP contribution in [0.1, 0.15) is 42.1 Å². The van der Waals surface area contributed by atoms with Crippen LogP contribution in [0, 0.1) is 5.92 Å². The monoisotopic (exact) mass is 475 g/mol. The number of benzene rings is 3. The van der Waals surface area contributed by atoms with E-state index < -0.39 is 5.97 Å². The van der Waals surface area contributed by atoms with Gasteiger partial charge in [-0.05, 0) is 54.3 Å². The number of carboxylic acid groups (broad SMARTS) is 1. The number of aliphatic carboxylic acids is 1. The normalized spacial score (nSPS) is 11.5. The van der Waals surface area contributed by atoms with Crippen molar-refractivity contribution in [3.05, 3.63) is 83.9 Å². The van der Waals surface area contributed by atoms with E-state index in [0.717, 1.165) is 35.3 Å². The fourth-order valence-corrected chi connectivity index (χ4v) is 3.89. The van der Waals surface area contributed by atoms with Gasteiger partial charge in [0.25, 0.3) is 5.91 Å². The first-order chi connectivity index (χ1) is 17.0. The highest BCUT2D eigenvalue weighted by Gasteiger charge is 2.17. The molecular weight excluding hydrogens is 442 g/mol. The van der Waals surface area contributed by atoms with Crippen LogP contribution in [0.5, 0.6) is 11.5 Å². The Balaban J connectivity index is 1.45. The van der Waals surface area contributed by atoms with E-state index in [4.69, 9.17) is 9.47 Å². The molecule has 3 aromatic carbocycles. The van der Waals surface area contributed by atoms with Crippen molar-refractivity contribution < 1.29 is 24.2 Å². The van der Waals surface area contributed by atoms with Gasteiger partial charge in [0, 0.05) is 11.1 Å². The molecule has 2 N–H and O–H groups in total. The van der Waals surface area contributed by atoms with Crippen LogP contribution in [-0.2, 0) is 11.2 Å². The molecule has 0 aliphatic rings. The second kappa shape index (κ2) is 13.2. The molecule has 0 radical (unpaired) electrons. The number of amides is 1. The van der Waals surface area contributed by atoms with Crippen molar-refractivity contribution >= 4 is 11.9 Å². The number of carbonyl (C=O) groups excluding carboxylic acids is 1. The molecular formula is C29H33NO5. The second-order valence-electron chi connectivity index (χ2n) is 8.41. The van der Waals surface area contributed by atoms with Crippen molar-refractivity contribution in [1.29, 1.82) is 0 Å².